The molecule has 0 aliphatic carbocycles. The molecule has 0 saturated carbocycles. The summed E-state index contributed by atoms with van der Waals surface area (Å²) >= 11 is 0. The predicted octanol–water partition coefficient (Wildman–Crippen LogP) is 5.41. The van der Waals surface area contributed by atoms with E-state index in [1.807, 2.05) is 61.1 Å². The molecule has 0 aliphatic heterocycles. The zero-order valence-electron chi connectivity index (χ0n) is 22.6. The fourth-order valence-corrected chi connectivity index (χ4v) is 2.94. The Morgan fingerprint density at radius 3 is 1.48 bits per heavy atom. The van der Waals surface area contributed by atoms with Crippen LogP contribution in [0.25, 0.3) is 16.4 Å². The van der Waals surface area contributed by atoms with E-state index in [1.54, 1.807) is 55.6 Å². The zero-order valence-corrected chi connectivity index (χ0v) is 22.6. The van der Waals surface area contributed by atoms with E-state index in [4.69, 9.17) is 0 Å². The van der Waals surface area contributed by atoms with E-state index in [1.165, 1.54) is 41.7 Å². The maximum absolute atomic E-state index is 3.72. The molecule has 0 radical (unpaired) electrons. The summed E-state index contributed by atoms with van der Waals surface area (Å²) in [5, 5.41) is 8.34. The summed E-state index contributed by atoms with van der Waals surface area (Å²) in [6.45, 7) is 0. The first kappa shape index (κ1) is 30.3. The van der Waals surface area contributed by atoms with E-state index in [0.29, 0.717) is 0 Å². The third-order valence-electron chi connectivity index (χ3n) is 4.74. The first-order valence-electron chi connectivity index (χ1n) is 12.6. The largest absolute Gasteiger partial charge is 0.361 e. The Bertz CT molecular complexity index is 1320. The summed E-state index contributed by atoms with van der Waals surface area (Å²) in [4.78, 5) is 28.6. The second-order valence-corrected chi connectivity index (χ2v) is 7.61. The van der Waals surface area contributed by atoms with Gasteiger partial charge in [0.05, 0.1) is 0 Å². The molecule has 8 aromatic rings. The molecule has 208 valence electrons. The number of nitrogens with one attached hydrogen (secondary N) is 1. The van der Waals surface area contributed by atoms with Crippen molar-refractivity contribution in [2.24, 2.45) is 0 Å². The normalized spacial score (nSPS) is 8.95. The number of rotatable bonds is 0. The molecule has 0 saturated heterocycles. The van der Waals surface area contributed by atoms with E-state index < -0.39 is 0 Å². The van der Waals surface area contributed by atoms with Crippen molar-refractivity contribution in [2.75, 3.05) is 0 Å². The van der Waals surface area contributed by atoms with Gasteiger partial charge in [0, 0.05) is 79.2 Å². The Labute approximate surface area is 243 Å². The molecule has 11 heteroatoms. The van der Waals surface area contributed by atoms with Gasteiger partial charge in [-0.3, -0.25) is 9.97 Å². The highest BCUT2D eigenvalue weighted by atomic mass is 15.1. The molecule has 7 heterocycles. The molecule has 0 aliphatic rings. The van der Waals surface area contributed by atoms with E-state index in [2.05, 4.69) is 84.8 Å². The third-order valence-corrected chi connectivity index (χ3v) is 4.74. The van der Waals surface area contributed by atoms with Crippen LogP contribution in [0.2, 0.25) is 0 Å². The van der Waals surface area contributed by atoms with Crippen molar-refractivity contribution >= 4 is 16.4 Å². The predicted molar refractivity (Wildman–Crippen MR) is 162 cm³/mol. The highest BCUT2D eigenvalue weighted by Crippen LogP contribution is 2.09. The first-order valence-corrected chi connectivity index (χ1v) is 12.6. The lowest BCUT2D eigenvalue weighted by molar-refractivity contribution is 1.03. The molecule has 0 unspecified atom stereocenters. The lowest BCUT2D eigenvalue weighted by atomic mass is 10.3. The molecule has 0 amide bonds. The minimum Gasteiger partial charge on any atom is -0.361 e. The van der Waals surface area contributed by atoms with Crippen LogP contribution in [0.4, 0.5) is 0 Å². The van der Waals surface area contributed by atoms with Crippen LogP contribution in [0.5, 0.6) is 0 Å². The van der Waals surface area contributed by atoms with Crippen LogP contribution in [0.1, 0.15) is 0 Å². The highest BCUT2D eigenvalue weighted by molar-refractivity contribution is 5.78. The van der Waals surface area contributed by atoms with Gasteiger partial charge in [-0.15, -0.1) is 0 Å². The minimum absolute atomic E-state index is 1.21. The molecule has 1 aromatic carbocycles. The summed E-state index contributed by atoms with van der Waals surface area (Å²) in [5.41, 5.74) is 2.45. The summed E-state index contributed by atoms with van der Waals surface area (Å²) in [5.74, 6) is 0. The van der Waals surface area contributed by atoms with Gasteiger partial charge in [-0.1, -0.05) is 24.3 Å². The third kappa shape index (κ3) is 13.5. The van der Waals surface area contributed by atoms with Gasteiger partial charge < -0.3 is 9.38 Å². The van der Waals surface area contributed by atoms with Gasteiger partial charge in [0.25, 0.3) is 0 Å². The molecular weight excluding hydrogens is 526 g/mol. The molecule has 0 fully saturated rings. The van der Waals surface area contributed by atoms with E-state index in [9.17, 15) is 0 Å². The fourth-order valence-electron chi connectivity index (χ4n) is 2.94. The van der Waals surface area contributed by atoms with Gasteiger partial charge in [-0.2, -0.15) is 10.2 Å². The van der Waals surface area contributed by atoms with Crippen LogP contribution in [0.3, 0.4) is 0 Å². The number of nitrogens with zero attached hydrogens (tertiary/aromatic N) is 10. The van der Waals surface area contributed by atoms with Crippen LogP contribution in [0, 0.1) is 0 Å². The molecule has 11 nitrogen and oxygen atoms in total. The number of H-pyrrole nitrogens is 1. The number of hydrogen-bond donors (Lipinski definition) is 1. The van der Waals surface area contributed by atoms with Gasteiger partial charge in [0.15, 0.2) is 0 Å². The number of para-hydroxylation sites is 1. The molecular formula is C31H29N11. The van der Waals surface area contributed by atoms with Crippen molar-refractivity contribution in [2.45, 2.75) is 0 Å². The van der Waals surface area contributed by atoms with Gasteiger partial charge in [-0.05, 0) is 60.0 Å². The standard InChI is InChI=1S/2C8H7N.3C4H4N2.C3H3N3/c1-2-6-9-7-3-5-8(9)4-1;1-2-4-8-7(3-1)5-6-9-8;1-2-6-4-3-5-1;1-2-5-4-6-3-1;1-2-4-6-5-3-1;1-4-2-6-3-5-1/h1-7H;1-6,9H;3*1-4H;1-3H. The van der Waals surface area contributed by atoms with Crippen LogP contribution >= 0.6 is 0 Å². The number of benzene rings is 1. The maximum atomic E-state index is 3.72. The highest BCUT2D eigenvalue weighted by Gasteiger charge is 1.87. The number of hydrogen-bond acceptors (Lipinski definition) is 9. The number of aromatic amines is 1. The molecule has 7 aromatic heterocycles. The summed E-state index contributed by atoms with van der Waals surface area (Å²) in [7, 11) is 0. The molecule has 0 spiro atoms. The van der Waals surface area contributed by atoms with E-state index in [0.717, 1.165) is 0 Å². The second kappa shape index (κ2) is 20.7. The van der Waals surface area contributed by atoms with Gasteiger partial charge in [0.2, 0.25) is 0 Å². The minimum atomic E-state index is 1.21. The summed E-state index contributed by atoms with van der Waals surface area (Å²) < 4.78 is 2.08. The Hall–Kier alpha value is -6.23. The lowest BCUT2D eigenvalue weighted by Gasteiger charge is -1.88. The van der Waals surface area contributed by atoms with Crippen molar-refractivity contribution in [1.82, 2.24) is 54.5 Å². The fraction of sp³-hybridized carbons (Fsp3) is 0. The van der Waals surface area contributed by atoms with Crippen molar-refractivity contribution in [3.63, 3.8) is 0 Å². The molecule has 0 bridgehead atoms. The molecule has 8 rings (SSSR count). The second-order valence-electron chi connectivity index (χ2n) is 7.61. The Morgan fingerprint density at radius 2 is 1.00 bits per heavy atom. The SMILES string of the molecule is c1ccc2[nH]ccc2c1.c1ccn2cccc2c1.c1ccnnc1.c1cnccn1.c1cncnc1.c1ncncn1. The van der Waals surface area contributed by atoms with Crippen molar-refractivity contribution in [3.05, 3.63) is 172 Å². The average Bonchev–Trinajstić information content (AvgIpc) is 3.80. The van der Waals surface area contributed by atoms with Crippen LogP contribution in [-0.4, -0.2) is 54.5 Å². The average molecular weight is 556 g/mol. The Kier molecular flexibility index (Phi) is 14.9. The van der Waals surface area contributed by atoms with Crippen LogP contribution in [-0.2, 0) is 0 Å². The number of fused-ring (bicyclic) bond motifs is 2. The monoisotopic (exact) mass is 555 g/mol. The topological polar surface area (TPSA) is 136 Å². The quantitative estimate of drug-likeness (QED) is 0.260. The summed E-state index contributed by atoms with van der Waals surface area (Å²) in [6, 6.07) is 26.0. The Morgan fingerprint density at radius 1 is 0.429 bits per heavy atom. The van der Waals surface area contributed by atoms with E-state index >= 15 is 0 Å². The lowest BCUT2D eigenvalue weighted by Crippen LogP contribution is -1.75. The number of pyridine rings is 1. The smallest absolute Gasteiger partial charge is 0.119 e. The maximum Gasteiger partial charge on any atom is 0.119 e. The summed E-state index contributed by atoms with van der Waals surface area (Å²) in [6.07, 6.45) is 25.0. The zero-order chi connectivity index (χ0) is 29.2. The van der Waals surface area contributed by atoms with Crippen LogP contribution in [0.15, 0.2) is 172 Å². The van der Waals surface area contributed by atoms with Crippen molar-refractivity contribution < 1.29 is 0 Å². The molecule has 42 heavy (non-hydrogen) atoms. The van der Waals surface area contributed by atoms with Gasteiger partial charge in [0.1, 0.15) is 25.3 Å². The van der Waals surface area contributed by atoms with E-state index in [-0.39, 0.29) is 0 Å². The molecule has 1 N–H and O–H groups in total. The van der Waals surface area contributed by atoms with Gasteiger partial charge >= 0.3 is 0 Å². The van der Waals surface area contributed by atoms with Crippen molar-refractivity contribution in [3.8, 4) is 0 Å². The van der Waals surface area contributed by atoms with Gasteiger partial charge in [-0.25, -0.2) is 24.9 Å². The first-order chi connectivity index (χ1) is 20.9. The Balaban J connectivity index is 0.000000140. The van der Waals surface area contributed by atoms with Crippen molar-refractivity contribution in [1.29, 1.82) is 0 Å². The molecule has 0 atom stereocenters. The van der Waals surface area contributed by atoms with Crippen LogP contribution < -0.4 is 0 Å². The number of aromatic nitrogens is 11.